The summed E-state index contributed by atoms with van der Waals surface area (Å²) in [5, 5.41) is -0.770. The summed E-state index contributed by atoms with van der Waals surface area (Å²) in [5.74, 6) is -0.0944. The molecule has 0 aromatic heterocycles. The van der Waals surface area contributed by atoms with Crippen LogP contribution in [0.15, 0.2) is 11.3 Å². The second-order valence-corrected chi connectivity index (χ2v) is 7.40. The summed E-state index contributed by atoms with van der Waals surface area (Å²) in [7, 11) is -3.75. The highest BCUT2D eigenvalue weighted by Gasteiger charge is 2.56. The Labute approximate surface area is 115 Å². The Balaban J connectivity index is 1.90. The largest absolute Gasteiger partial charge is 0.326 e. The molecule has 9 heteroatoms. The molecule has 0 bridgehead atoms. The normalized spacial score (nSPS) is 27.2. The molecule has 0 aliphatic carbocycles. The van der Waals surface area contributed by atoms with E-state index in [4.69, 9.17) is 9.78 Å². The summed E-state index contributed by atoms with van der Waals surface area (Å²) in [6.07, 6.45) is 1.73. The van der Waals surface area contributed by atoms with Gasteiger partial charge in [0.15, 0.2) is 0 Å². The zero-order valence-electron chi connectivity index (χ0n) is 10.3. The van der Waals surface area contributed by atoms with Gasteiger partial charge in [-0.1, -0.05) is 25.1 Å². The highest BCUT2D eigenvalue weighted by atomic mass is 32.2. The molecule has 7 nitrogen and oxygen atoms in total. The van der Waals surface area contributed by atoms with Crippen molar-refractivity contribution in [2.75, 3.05) is 12.3 Å². The number of thioether (sulfide) groups is 1. The van der Waals surface area contributed by atoms with Gasteiger partial charge in [0, 0.05) is 30.0 Å². The first kappa shape index (κ1) is 13.2. The molecule has 3 rings (SSSR count). The van der Waals surface area contributed by atoms with Gasteiger partial charge in [-0.25, -0.2) is 4.31 Å². The number of hydrogen-bond acceptors (Lipinski definition) is 6. The number of rotatable bonds is 3. The quantitative estimate of drug-likeness (QED) is 0.602. The second-order valence-electron chi connectivity index (χ2n) is 4.61. The SMILES string of the molecule is CCCCN1C(=O)C2=C(CSC3(C2)OO3)NS1(=O)=O. The minimum Gasteiger partial charge on any atom is -0.269 e. The van der Waals surface area contributed by atoms with E-state index >= 15 is 0 Å². The third-order valence-electron chi connectivity index (χ3n) is 3.20. The molecule has 1 spiro atoms. The minimum atomic E-state index is -3.75. The number of carbonyl (C=O) groups excluding carboxylic acids is 1. The number of amides is 1. The predicted octanol–water partition coefficient (Wildman–Crippen LogP) is 0.470. The lowest BCUT2D eigenvalue weighted by Crippen LogP contribution is -2.51. The molecule has 1 N–H and O–H groups in total. The number of nitrogens with zero attached hydrogens (tertiary/aromatic N) is 1. The minimum absolute atomic E-state index is 0.198. The number of hydrogen-bond donors (Lipinski definition) is 1. The van der Waals surface area contributed by atoms with Crippen molar-refractivity contribution < 1.29 is 23.0 Å². The first-order valence-corrected chi connectivity index (χ1v) is 8.48. The molecule has 1 fully saturated rings. The fourth-order valence-corrected chi connectivity index (χ4v) is 4.48. The lowest BCUT2D eigenvalue weighted by atomic mass is 10.1. The van der Waals surface area contributed by atoms with Crippen molar-refractivity contribution >= 4 is 27.9 Å². The molecule has 0 unspecified atom stereocenters. The van der Waals surface area contributed by atoms with Crippen molar-refractivity contribution in [3.8, 4) is 0 Å². The van der Waals surface area contributed by atoms with E-state index in [0.29, 0.717) is 23.4 Å². The Morgan fingerprint density at radius 3 is 2.84 bits per heavy atom. The van der Waals surface area contributed by atoms with E-state index in [0.717, 1.165) is 10.7 Å². The molecule has 0 aromatic rings. The van der Waals surface area contributed by atoms with Crippen LogP contribution in [0.3, 0.4) is 0 Å². The van der Waals surface area contributed by atoms with E-state index in [1.165, 1.54) is 11.8 Å². The molecular formula is C10H14N2O5S2. The van der Waals surface area contributed by atoms with Crippen LogP contribution in [0.25, 0.3) is 0 Å². The fourth-order valence-electron chi connectivity index (χ4n) is 2.09. The predicted molar refractivity (Wildman–Crippen MR) is 67.7 cm³/mol. The highest BCUT2D eigenvalue weighted by Crippen LogP contribution is 2.51. The summed E-state index contributed by atoms with van der Waals surface area (Å²) in [6, 6.07) is 0. The van der Waals surface area contributed by atoms with Crippen LogP contribution in [0.1, 0.15) is 26.2 Å². The van der Waals surface area contributed by atoms with Gasteiger partial charge < -0.3 is 0 Å². The maximum absolute atomic E-state index is 12.3. The number of carbonyl (C=O) groups is 1. The van der Waals surface area contributed by atoms with Gasteiger partial charge in [0.25, 0.3) is 11.0 Å². The van der Waals surface area contributed by atoms with Crippen molar-refractivity contribution in [1.82, 2.24) is 9.03 Å². The Hall–Kier alpha value is -0.770. The zero-order chi connectivity index (χ0) is 13.7. The Kier molecular flexibility index (Phi) is 3.04. The molecule has 3 aliphatic rings. The Bertz CT molecular complexity index is 552. The number of unbranched alkanes of at least 4 members (excludes halogenated alkanes) is 1. The Morgan fingerprint density at radius 2 is 2.21 bits per heavy atom. The maximum Gasteiger partial charge on any atom is 0.326 e. The van der Waals surface area contributed by atoms with Crippen molar-refractivity contribution in [1.29, 1.82) is 0 Å². The topological polar surface area (TPSA) is 91.5 Å². The van der Waals surface area contributed by atoms with Gasteiger partial charge in [0.2, 0.25) is 0 Å². The molecule has 3 heterocycles. The van der Waals surface area contributed by atoms with Crippen molar-refractivity contribution in [3.05, 3.63) is 11.3 Å². The third-order valence-corrected chi connectivity index (χ3v) is 5.79. The average Bonchev–Trinajstić information content (AvgIpc) is 3.10. The Morgan fingerprint density at radius 1 is 1.47 bits per heavy atom. The first-order valence-electron chi connectivity index (χ1n) is 6.05. The summed E-state index contributed by atoms with van der Waals surface area (Å²) in [5.41, 5.74) is 0.898. The van der Waals surface area contributed by atoms with Gasteiger partial charge in [-0.2, -0.15) is 18.2 Å². The molecule has 1 amide bonds. The number of nitrogens with one attached hydrogen (secondary N) is 1. The van der Waals surface area contributed by atoms with Crippen LogP contribution in [-0.2, 0) is 24.8 Å². The van der Waals surface area contributed by atoms with Crippen molar-refractivity contribution in [2.45, 2.75) is 31.3 Å². The lowest BCUT2D eigenvalue weighted by molar-refractivity contribution is -0.123. The van der Waals surface area contributed by atoms with Crippen LogP contribution in [0.5, 0.6) is 0 Å². The van der Waals surface area contributed by atoms with Crippen molar-refractivity contribution in [3.63, 3.8) is 0 Å². The van der Waals surface area contributed by atoms with E-state index < -0.39 is 21.2 Å². The van der Waals surface area contributed by atoms with Crippen LogP contribution in [0.2, 0.25) is 0 Å². The molecule has 0 atom stereocenters. The van der Waals surface area contributed by atoms with Crippen LogP contribution in [0.4, 0.5) is 0 Å². The van der Waals surface area contributed by atoms with E-state index in [2.05, 4.69) is 4.72 Å². The molecule has 0 aromatic carbocycles. The van der Waals surface area contributed by atoms with Crippen molar-refractivity contribution in [2.24, 2.45) is 0 Å². The van der Waals surface area contributed by atoms with E-state index in [1.54, 1.807) is 0 Å². The summed E-state index contributed by atoms with van der Waals surface area (Å²) in [6.45, 7) is 2.14. The van der Waals surface area contributed by atoms with Gasteiger partial charge in [-0.15, -0.1) is 0 Å². The van der Waals surface area contributed by atoms with Crippen LogP contribution >= 0.6 is 11.8 Å². The molecular weight excluding hydrogens is 292 g/mol. The van der Waals surface area contributed by atoms with Gasteiger partial charge in [-0.3, -0.25) is 9.52 Å². The van der Waals surface area contributed by atoms with Crippen LogP contribution < -0.4 is 4.72 Å². The molecule has 106 valence electrons. The first-order chi connectivity index (χ1) is 8.97. The molecule has 0 saturated carbocycles. The van der Waals surface area contributed by atoms with Gasteiger partial charge in [-0.05, 0) is 6.42 Å². The van der Waals surface area contributed by atoms with Gasteiger partial charge >= 0.3 is 10.2 Å². The average molecular weight is 306 g/mol. The van der Waals surface area contributed by atoms with E-state index in [1.807, 2.05) is 6.92 Å². The van der Waals surface area contributed by atoms with Crippen LogP contribution in [-0.4, -0.2) is 36.0 Å². The lowest BCUT2D eigenvalue weighted by Gasteiger charge is -2.33. The van der Waals surface area contributed by atoms with E-state index in [-0.39, 0.29) is 13.0 Å². The maximum atomic E-state index is 12.3. The summed E-state index contributed by atoms with van der Waals surface area (Å²) >= 11 is 1.34. The molecule has 0 radical (unpaired) electrons. The molecule has 1 saturated heterocycles. The van der Waals surface area contributed by atoms with E-state index in [9.17, 15) is 13.2 Å². The fraction of sp³-hybridized carbons (Fsp3) is 0.700. The monoisotopic (exact) mass is 306 g/mol. The highest BCUT2D eigenvalue weighted by molar-refractivity contribution is 8.00. The smallest absolute Gasteiger partial charge is 0.269 e. The van der Waals surface area contributed by atoms with Gasteiger partial charge in [0.1, 0.15) is 0 Å². The second kappa shape index (κ2) is 4.37. The third kappa shape index (κ3) is 2.24. The molecule has 19 heavy (non-hydrogen) atoms. The van der Waals surface area contributed by atoms with Gasteiger partial charge in [0.05, 0.1) is 0 Å². The zero-order valence-corrected chi connectivity index (χ0v) is 12.0. The van der Waals surface area contributed by atoms with Crippen LogP contribution in [0, 0.1) is 0 Å². The summed E-state index contributed by atoms with van der Waals surface area (Å²) < 4.78 is 27.4. The summed E-state index contributed by atoms with van der Waals surface area (Å²) in [4.78, 5) is 22.1. The standard InChI is InChI=1S/C10H14N2O5S2/c1-2-3-4-12-9(13)7-5-10(16-17-10)18-6-8(7)11-19(12,14)15/h11H,2-6H2,1H3. The molecule has 3 aliphatic heterocycles.